The summed E-state index contributed by atoms with van der Waals surface area (Å²) in [6.45, 7) is 0.913. The van der Waals surface area contributed by atoms with E-state index in [-0.39, 0.29) is 23.6 Å². The Hall–Kier alpha value is -3.10. The molecule has 1 aromatic carbocycles. The number of ether oxygens (including phenoxy) is 1. The van der Waals surface area contributed by atoms with E-state index in [0.717, 1.165) is 11.1 Å². The molecule has 6 nitrogen and oxygen atoms in total. The van der Waals surface area contributed by atoms with E-state index in [4.69, 9.17) is 4.74 Å². The van der Waals surface area contributed by atoms with E-state index < -0.39 is 42.0 Å². The summed E-state index contributed by atoms with van der Waals surface area (Å²) in [6.07, 6.45) is 0.0416. The highest BCUT2D eigenvalue weighted by Crippen LogP contribution is 2.27. The Morgan fingerprint density at radius 3 is 2.85 bits per heavy atom. The summed E-state index contributed by atoms with van der Waals surface area (Å²) in [4.78, 5) is 28.7. The number of nitrogens with one attached hydrogen (secondary N) is 1. The third-order valence-electron chi connectivity index (χ3n) is 3.84. The van der Waals surface area contributed by atoms with Gasteiger partial charge < -0.3 is 10.1 Å². The predicted molar refractivity (Wildman–Crippen MR) is 83.5 cm³/mol. The fraction of sp³-hybridized carbons (Fsp3) is 0.235. The van der Waals surface area contributed by atoms with Crippen LogP contribution in [0.2, 0.25) is 0 Å². The Morgan fingerprint density at radius 1 is 1.35 bits per heavy atom. The largest absolute Gasteiger partial charge is 0.416 e. The second-order valence-corrected chi connectivity index (χ2v) is 5.75. The topological polar surface area (TPSA) is 71.5 Å². The summed E-state index contributed by atoms with van der Waals surface area (Å²) >= 11 is 0. The molecule has 2 aromatic rings. The van der Waals surface area contributed by atoms with E-state index in [0.29, 0.717) is 6.07 Å². The van der Waals surface area contributed by atoms with Crippen LogP contribution < -0.4 is 10.1 Å². The van der Waals surface area contributed by atoms with Crippen molar-refractivity contribution in [3.8, 4) is 5.75 Å². The first-order chi connectivity index (χ1) is 12.3. The highest BCUT2D eigenvalue weighted by Gasteiger charge is 2.29. The summed E-state index contributed by atoms with van der Waals surface area (Å²) < 4.78 is 45.4. The third-order valence-corrected chi connectivity index (χ3v) is 3.84. The molecule has 136 valence electrons. The summed E-state index contributed by atoms with van der Waals surface area (Å²) in [6, 6.07) is 3.90. The van der Waals surface area contributed by atoms with Gasteiger partial charge in [-0.3, -0.25) is 14.7 Å². The molecule has 1 aromatic heterocycles. The first kappa shape index (κ1) is 17.7. The number of nitrogens with zero attached hydrogens (tertiary/aromatic N) is 2. The van der Waals surface area contributed by atoms with Crippen molar-refractivity contribution in [2.24, 2.45) is 0 Å². The van der Waals surface area contributed by atoms with Crippen LogP contribution in [0.25, 0.3) is 0 Å². The van der Waals surface area contributed by atoms with Gasteiger partial charge in [0.15, 0.2) is 0 Å². The van der Waals surface area contributed by atoms with Gasteiger partial charge in [-0.05, 0) is 19.1 Å². The molecule has 1 aliphatic rings. The molecular weight excluding hydrogens is 351 g/mol. The summed E-state index contributed by atoms with van der Waals surface area (Å²) in [5, 5.41) is 2.46. The number of halogens is 3. The maximum Gasteiger partial charge on any atom is 0.416 e. The van der Waals surface area contributed by atoms with Crippen molar-refractivity contribution in [1.29, 1.82) is 0 Å². The number of fused-ring (bicyclic) bond motifs is 1. The van der Waals surface area contributed by atoms with Gasteiger partial charge in [-0.1, -0.05) is 6.07 Å². The molecule has 26 heavy (non-hydrogen) atoms. The maximum atomic E-state index is 13.8. The molecule has 0 saturated heterocycles. The van der Waals surface area contributed by atoms with Crippen LogP contribution in [0, 0.1) is 17.5 Å². The molecular formula is C17H14F3N3O3. The summed E-state index contributed by atoms with van der Waals surface area (Å²) in [5.41, 5.74) is 0.0246. The zero-order chi connectivity index (χ0) is 18.8. The Kier molecular flexibility index (Phi) is 4.79. The van der Waals surface area contributed by atoms with Crippen molar-refractivity contribution in [3.63, 3.8) is 0 Å². The van der Waals surface area contributed by atoms with Crippen molar-refractivity contribution < 1.29 is 27.5 Å². The molecule has 1 aliphatic heterocycles. The van der Waals surface area contributed by atoms with E-state index in [2.05, 4.69) is 10.3 Å². The molecule has 0 fully saturated rings. The molecule has 1 N–H and O–H groups in total. The van der Waals surface area contributed by atoms with Crippen LogP contribution >= 0.6 is 0 Å². The minimum Gasteiger partial charge on any atom is -0.410 e. The Morgan fingerprint density at radius 2 is 2.12 bits per heavy atom. The van der Waals surface area contributed by atoms with E-state index >= 15 is 0 Å². The van der Waals surface area contributed by atoms with Crippen LogP contribution in [0.15, 0.2) is 30.5 Å². The van der Waals surface area contributed by atoms with Crippen molar-refractivity contribution in [1.82, 2.24) is 15.2 Å². The fourth-order valence-corrected chi connectivity index (χ4v) is 2.60. The van der Waals surface area contributed by atoms with Crippen molar-refractivity contribution in [3.05, 3.63) is 59.2 Å². The summed E-state index contributed by atoms with van der Waals surface area (Å²) in [5.74, 6) is -2.79. The van der Waals surface area contributed by atoms with Crippen LogP contribution in [0.5, 0.6) is 5.75 Å². The number of amides is 2. The van der Waals surface area contributed by atoms with Gasteiger partial charge in [0.25, 0.3) is 0 Å². The highest BCUT2D eigenvalue weighted by molar-refractivity contribution is 5.83. The number of rotatable bonds is 4. The SMILES string of the molecule is CC(NC(=O)CN1Cc2c(F)cccc2OC1=O)c1ncc(F)cc1F. The van der Waals surface area contributed by atoms with Gasteiger partial charge in [0, 0.05) is 6.07 Å². The van der Waals surface area contributed by atoms with Crippen LogP contribution in [-0.4, -0.2) is 28.4 Å². The van der Waals surface area contributed by atoms with E-state index in [1.165, 1.54) is 25.1 Å². The van der Waals surface area contributed by atoms with Gasteiger partial charge in [0.05, 0.1) is 30.0 Å². The molecule has 0 aliphatic carbocycles. The lowest BCUT2D eigenvalue weighted by Gasteiger charge is -2.28. The Bertz CT molecular complexity index is 876. The maximum absolute atomic E-state index is 13.8. The van der Waals surface area contributed by atoms with Crippen LogP contribution in [-0.2, 0) is 11.3 Å². The average molecular weight is 365 g/mol. The van der Waals surface area contributed by atoms with Crippen molar-refractivity contribution >= 4 is 12.0 Å². The first-order valence-electron chi connectivity index (χ1n) is 7.69. The van der Waals surface area contributed by atoms with Crippen LogP contribution in [0.4, 0.5) is 18.0 Å². The number of aromatic nitrogens is 1. The second-order valence-electron chi connectivity index (χ2n) is 5.75. The minimum atomic E-state index is -0.897. The van der Waals surface area contributed by atoms with Crippen LogP contribution in [0.1, 0.15) is 24.2 Å². The highest BCUT2D eigenvalue weighted by atomic mass is 19.1. The molecule has 2 heterocycles. The molecule has 0 radical (unpaired) electrons. The number of pyridine rings is 1. The number of carbonyl (C=O) groups is 2. The fourth-order valence-electron chi connectivity index (χ4n) is 2.60. The summed E-state index contributed by atoms with van der Waals surface area (Å²) in [7, 11) is 0. The van der Waals surface area contributed by atoms with Gasteiger partial charge >= 0.3 is 6.09 Å². The molecule has 2 amide bonds. The second kappa shape index (κ2) is 7.03. The molecule has 1 unspecified atom stereocenters. The van der Waals surface area contributed by atoms with E-state index in [1.807, 2.05) is 0 Å². The van der Waals surface area contributed by atoms with E-state index in [1.54, 1.807) is 0 Å². The first-order valence-corrected chi connectivity index (χ1v) is 7.69. The van der Waals surface area contributed by atoms with Gasteiger partial charge in [0.2, 0.25) is 5.91 Å². The number of benzene rings is 1. The van der Waals surface area contributed by atoms with Gasteiger partial charge in [0.1, 0.15) is 29.7 Å². The smallest absolute Gasteiger partial charge is 0.410 e. The molecule has 0 saturated carbocycles. The average Bonchev–Trinajstić information content (AvgIpc) is 2.56. The lowest BCUT2D eigenvalue weighted by Crippen LogP contribution is -2.44. The lowest BCUT2D eigenvalue weighted by atomic mass is 10.1. The third kappa shape index (κ3) is 3.61. The predicted octanol–water partition coefficient (Wildman–Crippen LogP) is 2.69. The minimum absolute atomic E-state index is 0.109. The van der Waals surface area contributed by atoms with Gasteiger partial charge in [-0.15, -0.1) is 0 Å². The Labute approximate surface area is 146 Å². The molecule has 9 heteroatoms. The number of hydrogen-bond donors (Lipinski definition) is 1. The normalized spacial score (nSPS) is 14.5. The monoisotopic (exact) mass is 365 g/mol. The van der Waals surface area contributed by atoms with Crippen molar-refractivity contribution in [2.75, 3.05) is 6.54 Å². The van der Waals surface area contributed by atoms with Gasteiger partial charge in [-0.25, -0.2) is 18.0 Å². The number of hydrogen-bond acceptors (Lipinski definition) is 4. The van der Waals surface area contributed by atoms with Crippen LogP contribution in [0.3, 0.4) is 0 Å². The lowest BCUT2D eigenvalue weighted by molar-refractivity contribution is -0.122. The molecule has 3 rings (SSSR count). The van der Waals surface area contributed by atoms with E-state index in [9.17, 15) is 22.8 Å². The molecule has 1 atom stereocenters. The van der Waals surface area contributed by atoms with Crippen molar-refractivity contribution in [2.45, 2.75) is 19.5 Å². The standard InChI is InChI=1S/C17H14F3N3O3/c1-9(16-13(20)5-10(18)6-21-16)22-15(24)8-23-7-11-12(19)3-2-4-14(11)26-17(23)25/h2-6,9H,7-8H2,1H3,(H,22,24). The molecule has 0 spiro atoms. The molecule has 0 bridgehead atoms. The number of carbonyl (C=O) groups excluding carboxylic acids is 2. The zero-order valence-electron chi connectivity index (χ0n) is 13.6. The Balaban J connectivity index is 1.66. The quantitative estimate of drug-likeness (QED) is 0.904. The van der Waals surface area contributed by atoms with Gasteiger partial charge in [-0.2, -0.15) is 0 Å². The zero-order valence-corrected chi connectivity index (χ0v) is 13.6.